The van der Waals surface area contributed by atoms with Gasteiger partial charge in [-0.3, -0.25) is 0 Å². The van der Waals surface area contributed by atoms with Crippen LogP contribution in [-0.2, 0) is 11.3 Å². The van der Waals surface area contributed by atoms with Crippen molar-refractivity contribution in [3.8, 4) is 22.8 Å². The minimum absolute atomic E-state index is 0.288. The molecular weight excluding hydrogens is 460 g/mol. The SMILES string of the molecule is COCCn1c(-c2ccc(Br)cc2F)nnc1-c1ccc(Br)cc1F. The van der Waals surface area contributed by atoms with Gasteiger partial charge in [0.15, 0.2) is 11.6 Å². The third-order valence-electron chi connectivity index (χ3n) is 3.61. The Balaban J connectivity index is 2.16. The molecule has 3 aromatic rings. The number of aromatic nitrogens is 3. The van der Waals surface area contributed by atoms with E-state index in [9.17, 15) is 8.78 Å². The molecule has 0 aliphatic heterocycles. The zero-order chi connectivity index (χ0) is 18.0. The van der Waals surface area contributed by atoms with E-state index < -0.39 is 11.6 Å². The zero-order valence-corrected chi connectivity index (χ0v) is 16.3. The summed E-state index contributed by atoms with van der Waals surface area (Å²) in [6.45, 7) is 0.716. The summed E-state index contributed by atoms with van der Waals surface area (Å²) in [5.41, 5.74) is 0.575. The van der Waals surface area contributed by atoms with Crippen LogP contribution in [0.5, 0.6) is 0 Å². The second-order valence-corrected chi connectivity index (χ2v) is 7.07. The predicted molar refractivity (Wildman–Crippen MR) is 98.1 cm³/mol. The molecule has 8 heteroatoms. The van der Waals surface area contributed by atoms with E-state index >= 15 is 0 Å². The highest BCUT2D eigenvalue weighted by atomic mass is 79.9. The van der Waals surface area contributed by atoms with Crippen LogP contribution in [0.2, 0.25) is 0 Å². The van der Waals surface area contributed by atoms with E-state index in [-0.39, 0.29) is 11.1 Å². The van der Waals surface area contributed by atoms with Gasteiger partial charge >= 0.3 is 0 Å². The van der Waals surface area contributed by atoms with Gasteiger partial charge in [0.2, 0.25) is 0 Å². The summed E-state index contributed by atoms with van der Waals surface area (Å²) < 4.78 is 36.7. The van der Waals surface area contributed by atoms with Crippen LogP contribution in [0.1, 0.15) is 0 Å². The molecule has 0 aliphatic rings. The first-order valence-electron chi connectivity index (χ1n) is 7.34. The van der Waals surface area contributed by atoms with Gasteiger partial charge in [0.1, 0.15) is 11.6 Å². The van der Waals surface area contributed by atoms with Crippen LogP contribution in [-0.4, -0.2) is 28.5 Å². The fraction of sp³-hybridized carbons (Fsp3) is 0.176. The van der Waals surface area contributed by atoms with Crippen LogP contribution in [0.15, 0.2) is 45.3 Å². The van der Waals surface area contributed by atoms with E-state index in [1.54, 1.807) is 35.9 Å². The van der Waals surface area contributed by atoms with Crippen molar-refractivity contribution < 1.29 is 13.5 Å². The Bertz CT molecular complexity index is 846. The summed E-state index contributed by atoms with van der Waals surface area (Å²) in [5, 5.41) is 8.19. The van der Waals surface area contributed by atoms with Gasteiger partial charge in [0, 0.05) is 22.6 Å². The van der Waals surface area contributed by atoms with E-state index in [1.807, 2.05) is 0 Å². The van der Waals surface area contributed by atoms with Crippen molar-refractivity contribution in [3.05, 3.63) is 57.0 Å². The fourth-order valence-corrected chi connectivity index (χ4v) is 3.10. The topological polar surface area (TPSA) is 39.9 Å². The molecule has 0 bridgehead atoms. The van der Waals surface area contributed by atoms with Crippen molar-refractivity contribution in [1.29, 1.82) is 0 Å². The van der Waals surface area contributed by atoms with Crippen LogP contribution in [0, 0.1) is 11.6 Å². The molecule has 0 saturated carbocycles. The molecule has 0 atom stereocenters. The van der Waals surface area contributed by atoms with Crippen molar-refractivity contribution in [3.63, 3.8) is 0 Å². The highest BCUT2D eigenvalue weighted by Crippen LogP contribution is 2.30. The lowest BCUT2D eigenvalue weighted by molar-refractivity contribution is 0.188. The summed E-state index contributed by atoms with van der Waals surface area (Å²) in [5.74, 6) is -0.245. The van der Waals surface area contributed by atoms with Crippen LogP contribution < -0.4 is 0 Å². The maximum atomic E-state index is 14.4. The Morgan fingerprint density at radius 1 is 0.920 bits per heavy atom. The number of rotatable bonds is 5. The first kappa shape index (κ1) is 18.2. The Hall–Kier alpha value is -1.64. The van der Waals surface area contributed by atoms with Gasteiger partial charge in [0.05, 0.1) is 17.7 Å². The molecule has 0 saturated heterocycles. The molecule has 0 N–H and O–H groups in total. The zero-order valence-electron chi connectivity index (χ0n) is 13.1. The minimum atomic E-state index is -0.441. The number of halogens is 4. The number of benzene rings is 2. The maximum absolute atomic E-state index is 14.4. The second kappa shape index (κ2) is 7.72. The van der Waals surface area contributed by atoms with E-state index in [4.69, 9.17) is 4.74 Å². The molecule has 0 fully saturated rings. The summed E-state index contributed by atoms with van der Waals surface area (Å²) in [4.78, 5) is 0. The van der Waals surface area contributed by atoms with Crippen molar-refractivity contribution in [2.45, 2.75) is 6.54 Å². The average Bonchev–Trinajstić information content (AvgIpc) is 2.96. The molecule has 130 valence electrons. The van der Waals surface area contributed by atoms with Gasteiger partial charge in [-0.2, -0.15) is 0 Å². The molecule has 4 nitrogen and oxygen atoms in total. The van der Waals surface area contributed by atoms with E-state index in [0.717, 1.165) is 0 Å². The number of ether oxygens (including phenoxy) is 1. The number of hydrogen-bond donors (Lipinski definition) is 0. The van der Waals surface area contributed by atoms with E-state index in [1.165, 1.54) is 12.1 Å². The average molecular weight is 473 g/mol. The number of methoxy groups -OCH3 is 1. The van der Waals surface area contributed by atoms with Gasteiger partial charge < -0.3 is 9.30 Å². The van der Waals surface area contributed by atoms with Crippen molar-refractivity contribution in [2.75, 3.05) is 13.7 Å². The smallest absolute Gasteiger partial charge is 0.167 e. The molecule has 0 spiro atoms. The van der Waals surface area contributed by atoms with Crippen molar-refractivity contribution in [1.82, 2.24) is 14.8 Å². The lowest BCUT2D eigenvalue weighted by Gasteiger charge is -2.11. The quantitative estimate of drug-likeness (QED) is 0.521. The molecule has 0 radical (unpaired) electrons. The van der Waals surface area contributed by atoms with Crippen LogP contribution in [0.25, 0.3) is 22.8 Å². The van der Waals surface area contributed by atoms with Gasteiger partial charge in [0.25, 0.3) is 0 Å². The molecule has 3 rings (SSSR count). The van der Waals surface area contributed by atoms with Crippen molar-refractivity contribution >= 4 is 31.9 Å². The van der Waals surface area contributed by atoms with Gasteiger partial charge in [-0.05, 0) is 36.4 Å². The molecular formula is C17H13Br2F2N3O. The van der Waals surface area contributed by atoms with Crippen molar-refractivity contribution in [2.24, 2.45) is 0 Å². The molecule has 0 unspecified atom stereocenters. The summed E-state index contributed by atoms with van der Waals surface area (Å²) in [6, 6.07) is 9.35. The summed E-state index contributed by atoms with van der Waals surface area (Å²) in [6.07, 6.45) is 0. The monoisotopic (exact) mass is 471 g/mol. The highest BCUT2D eigenvalue weighted by Gasteiger charge is 2.20. The standard InChI is InChI=1S/C17H13Br2F2N3O/c1-25-7-6-24-16(12-4-2-10(18)8-14(12)20)22-23-17(24)13-5-3-11(19)9-15(13)21/h2-5,8-9H,6-7H2,1H3. The number of hydrogen-bond acceptors (Lipinski definition) is 3. The first-order chi connectivity index (χ1) is 12.0. The molecule has 25 heavy (non-hydrogen) atoms. The normalized spacial score (nSPS) is 11.1. The molecule has 0 amide bonds. The third kappa shape index (κ3) is 3.80. The Kier molecular flexibility index (Phi) is 5.61. The lowest BCUT2D eigenvalue weighted by Crippen LogP contribution is -2.09. The second-order valence-electron chi connectivity index (χ2n) is 5.24. The Morgan fingerprint density at radius 2 is 1.40 bits per heavy atom. The molecule has 2 aromatic carbocycles. The van der Waals surface area contributed by atoms with Gasteiger partial charge in [-0.25, -0.2) is 8.78 Å². The Morgan fingerprint density at radius 3 is 1.80 bits per heavy atom. The summed E-state index contributed by atoms with van der Waals surface area (Å²) >= 11 is 6.46. The Labute approximate surface area is 160 Å². The largest absolute Gasteiger partial charge is 0.383 e. The third-order valence-corrected chi connectivity index (χ3v) is 4.60. The predicted octanol–water partition coefficient (Wildman–Crippen LogP) is 5.06. The van der Waals surface area contributed by atoms with Gasteiger partial charge in [-0.1, -0.05) is 31.9 Å². The van der Waals surface area contributed by atoms with Crippen LogP contribution >= 0.6 is 31.9 Å². The lowest BCUT2D eigenvalue weighted by atomic mass is 10.1. The molecule has 1 heterocycles. The van der Waals surface area contributed by atoms with Crippen LogP contribution in [0.3, 0.4) is 0 Å². The van der Waals surface area contributed by atoms with E-state index in [0.29, 0.717) is 33.7 Å². The molecule has 0 aliphatic carbocycles. The van der Waals surface area contributed by atoms with Crippen LogP contribution in [0.4, 0.5) is 8.78 Å². The fourth-order valence-electron chi connectivity index (χ4n) is 2.44. The van der Waals surface area contributed by atoms with E-state index in [2.05, 4.69) is 42.1 Å². The minimum Gasteiger partial charge on any atom is -0.383 e. The first-order valence-corrected chi connectivity index (χ1v) is 8.93. The molecule has 1 aromatic heterocycles. The maximum Gasteiger partial charge on any atom is 0.167 e. The summed E-state index contributed by atoms with van der Waals surface area (Å²) in [7, 11) is 1.56. The van der Waals surface area contributed by atoms with Gasteiger partial charge in [-0.15, -0.1) is 10.2 Å². The highest BCUT2D eigenvalue weighted by molar-refractivity contribution is 9.10. The number of nitrogens with zero attached hydrogens (tertiary/aromatic N) is 3.